The monoisotopic (exact) mass is 184 g/mol. The zero-order valence-electron chi connectivity index (χ0n) is 8.65. The number of nitriles is 1. The molecule has 1 N–H and O–H groups in total. The van der Waals surface area contributed by atoms with Crippen LogP contribution in [-0.2, 0) is 0 Å². The number of rotatable bonds is 5. The van der Waals surface area contributed by atoms with Crippen LogP contribution in [0.25, 0.3) is 0 Å². The molecule has 0 saturated carbocycles. The summed E-state index contributed by atoms with van der Waals surface area (Å²) in [6, 6.07) is 2.15. The molecule has 0 rings (SSSR count). The first kappa shape index (κ1) is 11.7. The van der Waals surface area contributed by atoms with Crippen LogP contribution in [0.5, 0.6) is 0 Å². The number of nitrogens with zero attached hydrogens (tertiary/aromatic N) is 1. The Morgan fingerprint density at radius 3 is 2.42 bits per heavy atom. The predicted molar refractivity (Wildman–Crippen MR) is 55.7 cm³/mol. The molecule has 0 aromatic carbocycles. The van der Waals surface area contributed by atoms with Crippen molar-refractivity contribution in [2.75, 3.05) is 6.54 Å². The maximum atomic E-state index is 8.32. The lowest BCUT2D eigenvalue weighted by Crippen LogP contribution is -2.46. The van der Waals surface area contributed by atoms with Crippen molar-refractivity contribution in [1.82, 2.24) is 5.32 Å². The van der Waals surface area contributed by atoms with E-state index in [-0.39, 0.29) is 0 Å². The van der Waals surface area contributed by atoms with E-state index in [0.717, 1.165) is 13.0 Å². The van der Waals surface area contributed by atoms with Crippen molar-refractivity contribution in [3.05, 3.63) is 0 Å². The van der Waals surface area contributed by atoms with Gasteiger partial charge in [0.05, 0.1) is 14.1 Å². The van der Waals surface area contributed by atoms with E-state index in [1.807, 2.05) is 0 Å². The van der Waals surface area contributed by atoms with Crippen molar-refractivity contribution < 1.29 is 0 Å². The SMILES string of the molecule is CC(NCCCC#N)[Si](C)(C)C. The Morgan fingerprint density at radius 2 is 2.00 bits per heavy atom. The van der Waals surface area contributed by atoms with Crippen LogP contribution >= 0.6 is 0 Å². The zero-order chi connectivity index (χ0) is 9.61. The minimum Gasteiger partial charge on any atom is -0.317 e. The van der Waals surface area contributed by atoms with Crippen molar-refractivity contribution in [3.63, 3.8) is 0 Å². The molecule has 0 spiro atoms. The van der Waals surface area contributed by atoms with Crippen molar-refractivity contribution in [3.8, 4) is 6.07 Å². The fourth-order valence-corrected chi connectivity index (χ4v) is 1.55. The van der Waals surface area contributed by atoms with Crippen LogP contribution in [0.15, 0.2) is 0 Å². The molecule has 0 aromatic rings. The molecule has 0 saturated heterocycles. The third-order valence-electron chi connectivity index (χ3n) is 2.21. The van der Waals surface area contributed by atoms with E-state index in [0.29, 0.717) is 12.1 Å². The molecule has 3 heteroatoms. The summed E-state index contributed by atoms with van der Waals surface area (Å²) in [7, 11) is -1.01. The third-order valence-corrected chi connectivity index (χ3v) is 5.02. The van der Waals surface area contributed by atoms with Gasteiger partial charge in [0.1, 0.15) is 0 Å². The Labute approximate surface area is 77.0 Å². The Balaban J connectivity index is 3.46. The van der Waals surface area contributed by atoms with Crippen molar-refractivity contribution in [1.29, 1.82) is 5.26 Å². The van der Waals surface area contributed by atoms with E-state index in [4.69, 9.17) is 5.26 Å². The standard InChI is InChI=1S/C9H20N2Si/c1-9(12(2,3)4)11-8-6-5-7-10/h9,11H,5-6,8H2,1-4H3. The first-order valence-electron chi connectivity index (χ1n) is 4.59. The summed E-state index contributed by atoms with van der Waals surface area (Å²) >= 11 is 0. The number of nitrogens with one attached hydrogen (secondary N) is 1. The number of hydrogen-bond donors (Lipinski definition) is 1. The van der Waals surface area contributed by atoms with Crippen molar-refractivity contribution >= 4 is 8.07 Å². The highest BCUT2D eigenvalue weighted by molar-refractivity contribution is 6.77. The van der Waals surface area contributed by atoms with Gasteiger partial charge in [0, 0.05) is 6.42 Å². The maximum Gasteiger partial charge on any atom is 0.0631 e. The molecule has 0 aliphatic heterocycles. The van der Waals surface area contributed by atoms with Gasteiger partial charge in [0.15, 0.2) is 0 Å². The van der Waals surface area contributed by atoms with Gasteiger partial charge in [-0.2, -0.15) is 5.26 Å². The van der Waals surface area contributed by atoms with Crippen LogP contribution in [0.4, 0.5) is 0 Å². The van der Waals surface area contributed by atoms with Crippen LogP contribution in [0, 0.1) is 11.3 Å². The Hall–Kier alpha value is -0.333. The molecule has 0 radical (unpaired) electrons. The Bertz CT molecular complexity index is 155. The van der Waals surface area contributed by atoms with Crippen LogP contribution in [0.2, 0.25) is 19.6 Å². The number of unbranched alkanes of at least 4 members (excludes halogenated alkanes) is 1. The van der Waals surface area contributed by atoms with E-state index in [1.165, 1.54) is 0 Å². The summed E-state index contributed by atoms with van der Waals surface area (Å²) in [5.74, 6) is 0. The van der Waals surface area contributed by atoms with Gasteiger partial charge in [0.2, 0.25) is 0 Å². The summed E-state index contributed by atoms with van der Waals surface area (Å²) in [6.07, 6.45) is 1.65. The molecule has 0 amide bonds. The summed E-state index contributed by atoms with van der Waals surface area (Å²) in [6.45, 7) is 10.3. The van der Waals surface area contributed by atoms with Gasteiger partial charge in [-0.1, -0.05) is 26.6 Å². The highest BCUT2D eigenvalue weighted by Crippen LogP contribution is 2.06. The minimum absolute atomic E-state index is 0.649. The Morgan fingerprint density at radius 1 is 1.42 bits per heavy atom. The fraction of sp³-hybridized carbons (Fsp3) is 0.889. The lowest BCUT2D eigenvalue weighted by atomic mass is 10.3. The van der Waals surface area contributed by atoms with Gasteiger partial charge in [-0.3, -0.25) is 0 Å². The van der Waals surface area contributed by atoms with Crippen LogP contribution < -0.4 is 5.32 Å². The molecule has 12 heavy (non-hydrogen) atoms. The fourth-order valence-electron chi connectivity index (χ4n) is 0.792. The normalized spacial score (nSPS) is 13.9. The average Bonchev–Trinajstić information content (AvgIpc) is 1.96. The highest BCUT2D eigenvalue weighted by atomic mass is 28.3. The summed E-state index contributed by atoms with van der Waals surface area (Å²) in [5.41, 5.74) is 0.649. The van der Waals surface area contributed by atoms with Gasteiger partial charge in [-0.15, -0.1) is 0 Å². The average molecular weight is 184 g/mol. The predicted octanol–water partition coefficient (Wildman–Crippen LogP) is 2.15. The lowest BCUT2D eigenvalue weighted by Gasteiger charge is -2.26. The van der Waals surface area contributed by atoms with Gasteiger partial charge in [-0.25, -0.2) is 0 Å². The molecular formula is C9H20N2Si. The molecule has 1 unspecified atom stereocenters. The van der Waals surface area contributed by atoms with E-state index < -0.39 is 8.07 Å². The minimum atomic E-state index is -1.01. The molecule has 1 atom stereocenters. The van der Waals surface area contributed by atoms with Gasteiger partial charge in [0.25, 0.3) is 0 Å². The van der Waals surface area contributed by atoms with E-state index in [9.17, 15) is 0 Å². The van der Waals surface area contributed by atoms with Gasteiger partial charge < -0.3 is 5.32 Å². The summed E-state index contributed by atoms with van der Waals surface area (Å²) in [4.78, 5) is 0. The van der Waals surface area contributed by atoms with Crippen molar-refractivity contribution in [2.24, 2.45) is 0 Å². The van der Waals surface area contributed by atoms with Gasteiger partial charge in [-0.05, 0) is 18.6 Å². The van der Waals surface area contributed by atoms with Crippen LogP contribution in [0.1, 0.15) is 19.8 Å². The summed E-state index contributed by atoms with van der Waals surface area (Å²) in [5, 5.41) is 11.8. The Kier molecular flexibility index (Phi) is 5.19. The van der Waals surface area contributed by atoms with E-state index >= 15 is 0 Å². The first-order valence-corrected chi connectivity index (χ1v) is 8.16. The van der Waals surface area contributed by atoms with E-state index in [1.54, 1.807) is 0 Å². The lowest BCUT2D eigenvalue weighted by molar-refractivity contribution is 0.632. The molecule has 70 valence electrons. The molecule has 0 bridgehead atoms. The second-order valence-electron chi connectivity index (χ2n) is 4.30. The van der Waals surface area contributed by atoms with Gasteiger partial charge >= 0.3 is 0 Å². The molecule has 0 heterocycles. The number of hydrogen-bond acceptors (Lipinski definition) is 2. The topological polar surface area (TPSA) is 35.8 Å². The quantitative estimate of drug-likeness (QED) is 0.525. The summed E-state index contributed by atoms with van der Waals surface area (Å²) < 4.78 is 0. The maximum absolute atomic E-state index is 8.32. The zero-order valence-corrected chi connectivity index (χ0v) is 9.65. The molecule has 2 nitrogen and oxygen atoms in total. The second-order valence-corrected chi connectivity index (χ2v) is 9.90. The van der Waals surface area contributed by atoms with Crippen molar-refractivity contribution in [2.45, 2.75) is 45.1 Å². The molecular weight excluding hydrogens is 164 g/mol. The largest absolute Gasteiger partial charge is 0.317 e. The van der Waals surface area contributed by atoms with Crippen LogP contribution in [0.3, 0.4) is 0 Å². The highest BCUT2D eigenvalue weighted by Gasteiger charge is 2.20. The second kappa shape index (κ2) is 5.34. The molecule has 0 aliphatic carbocycles. The molecule has 0 aromatic heterocycles. The smallest absolute Gasteiger partial charge is 0.0631 e. The van der Waals surface area contributed by atoms with Crippen LogP contribution in [-0.4, -0.2) is 20.3 Å². The van der Waals surface area contributed by atoms with E-state index in [2.05, 4.69) is 38.0 Å². The molecule has 0 fully saturated rings. The molecule has 0 aliphatic rings. The first-order chi connectivity index (χ1) is 5.48. The third kappa shape index (κ3) is 5.33.